The number of hydrogen-bond acceptors (Lipinski definition) is 4. The Bertz CT molecular complexity index is 737. The van der Waals surface area contributed by atoms with Crippen LogP contribution in [-0.4, -0.2) is 32.5 Å². The van der Waals surface area contributed by atoms with E-state index in [4.69, 9.17) is 4.74 Å². The van der Waals surface area contributed by atoms with Crippen LogP contribution in [0.5, 0.6) is 5.75 Å². The maximum atomic E-state index is 12.3. The number of Topliss-reactive ketones (excluding diaryl/α,β-unsaturated/α-hetero) is 1. The van der Waals surface area contributed by atoms with Gasteiger partial charge in [-0.2, -0.15) is 0 Å². The van der Waals surface area contributed by atoms with E-state index in [2.05, 4.69) is 4.98 Å². The second-order valence-electron chi connectivity index (χ2n) is 7.33. The van der Waals surface area contributed by atoms with Crippen molar-refractivity contribution in [3.8, 4) is 5.75 Å². The van der Waals surface area contributed by atoms with Crippen LogP contribution in [0.25, 0.3) is 5.65 Å². The van der Waals surface area contributed by atoms with E-state index < -0.39 is 5.60 Å². The van der Waals surface area contributed by atoms with Crippen molar-refractivity contribution in [2.75, 3.05) is 6.61 Å². The lowest BCUT2D eigenvalue weighted by atomic mass is 10.1. The highest BCUT2D eigenvalue weighted by Crippen LogP contribution is 2.46. The molecule has 23 heavy (non-hydrogen) atoms. The van der Waals surface area contributed by atoms with Crippen LogP contribution in [0.4, 0.5) is 0 Å². The average Bonchev–Trinajstić information content (AvgIpc) is 3.21. The molecule has 2 heterocycles. The summed E-state index contributed by atoms with van der Waals surface area (Å²) >= 11 is 0. The van der Waals surface area contributed by atoms with Crippen LogP contribution in [0.3, 0.4) is 0 Å². The van der Waals surface area contributed by atoms with Crippen molar-refractivity contribution in [3.63, 3.8) is 0 Å². The summed E-state index contributed by atoms with van der Waals surface area (Å²) in [6.45, 7) is 7.45. The van der Waals surface area contributed by atoms with Crippen LogP contribution in [0.1, 0.15) is 62.5 Å². The van der Waals surface area contributed by atoms with Crippen molar-refractivity contribution in [1.29, 1.82) is 0 Å². The summed E-state index contributed by atoms with van der Waals surface area (Å²) in [5.74, 6) is 1.21. The van der Waals surface area contributed by atoms with Gasteiger partial charge in [-0.25, -0.2) is 4.98 Å². The molecule has 1 aliphatic carbocycles. The highest BCUT2D eigenvalue weighted by molar-refractivity contribution is 5.96. The number of aromatic nitrogens is 2. The molecule has 0 atom stereocenters. The van der Waals surface area contributed by atoms with Crippen LogP contribution in [0, 0.1) is 5.92 Å². The summed E-state index contributed by atoms with van der Waals surface area (Å²) in [4.78, 5) is 16.8. The summed E-state index contributed by atoms with van der Waals surface area (Å²) in [6.07, 6.45) is 5.71. The summed E-state index contributed by atoms with van der Waals surface area (Å²) in [7, 11) is 0. The SMILES string of the molecule is CC(C)C(=O)c1cnc2c(C3CC3)c(OCC(C)(C)O)ccn12. The summed E-state index contributed by atoms with van der Waals surface area (Å²) in [5, 5.41) is 9.88. The molecule has 0 aromatic carbocycles. The molecule has 0 radical (unpaired) electrons. The molecule has 1 fully saturated rings. The summed E-state index contributed by atoms with van der Waals surface area (Å²) in [5.41, 5.74) is 1.58. The number of pyridine rings is 1. The molecule has 0 amide bonds. The zero-order valence-corrected chi connectivity index (χ0v) is 14.2. The molecule has 0 bridgehead atoms. The number of hydrogen-bond donors (Lipinski definition) is 1. The normalized spacial score (nSPS) is 15.4. The number of carbonyl (C=O) groups is 1. The van der Waals surface area contributed by atoms with Crippen molar-refractivity contribution >= 4 is 11.4 Å². The van der Waals surface area contributed by atoms with Crippen LogP contribution < -0.4 is 4.74 Å². The van der Waals surface area contributed by atoms with Gasteiger partial charge in [0.15, 0.2) is 5.78 Å². The van der Waals surface area contributed by atoms with Crippen molar-refractivity contribution in [1.82, 2.24) is 9.38 Å². The van der Waals surface area contributed by atoms with Gasteiger partial charge in [-0.05, 0) is 38.7 Å². The number of rotatable bonds is 6. The minimum Gasteiger partial charge on any atom is -0.490 e. The predicted octanol–water partition coefficient (Wildman–Crippen LogP) is 3.20. The molecule has 3 rings (SSSR count). The minimum atomic E-state index is -0.888. The van der Waals surface area contributed by atoms with Crippen molar-refractivity contribution in [3.05, 3.63) is 29.7 Å². The van der Waals surface area contributed by atoms with E-state index >= 15 is 0 Å². The van der Waals surface area contributed by atoms with E-state index in [1.54, 1.807) is 20.0 Å². The number of nitrogens with zero attached hydrogens (tertiary/aromatic N) is 2. The first kappa shape index (κ1) is 16.0. The second kappa shape index (κ2) is 5.64. The Balaban J connectivity index is 2.03. The van der Waals surface area contributed by atoms with Crippen LogP contribution in [-0.2, 0) is 0 Å². The van der Waals surface area contributed by atoms with E-state index in [9.17, 15) is 9.90 Å². The number of fused-ring (bicyclic) bond motifs is 1. The van der Waals surface area contributed by atoms with E-state index in [1.165, 1.54) is 0 Å². The van der Waals surface area contributed by atoms with Gasteiger partial charge in [0, 0.05) is 17.7 Å². The standard InChI is InChI=1S/C18H24N2O3/c1-11(2)16(21)13-9-19-17-15(12-5-6-12)14(7-8-20(13)17)23-10-18(3,4)22/h7-9,11-12,22H,5-6,10H2,1-4H3. The Labute approximate surface area is 136 Å². The average molecular weight is 316 g/mol. The number of aliphatic hydroxyl groups is 1. The lowest BCUT2D eigenvalue weighted by molar-refractivity contribution is 0.0281. The molecular weight excluding hydrogens is 292 g/mol. The van der Waals surface area contributed by atoms with E-state index in [1.807, 2.05) is 30.5 Å². The first-order valence-electron chi connectivity index (χ1n) is 8.17. The maximum Gasteiger partial charge on any atom is 0.183 e. The highest BCUT2D eigenvalue weighted by Gasteiger charge is 2.31. The third-order valence-corrected chi connectivity index (χ3v) is 4.02. The van der Waals surface area contributed by atoms with Gasteiger partial charge in [-0.15, -0.1) is 0 Å². The fourth-order valence-electron chi connectivity index (χ4n) is 2.67. The quantitative estimate of drug-likeness (QED) is 0.831. The fraction of sp³-hybridized carbons (Fsp3) is 0.556. The summed E-state index contributed by atoms with van der Waals surface area (Å²) in [6, 6.07) is 1.88. The predicted molar refractivity (Wildman–Crippen MR) is 88.1 cm³/mol. The first-order valence-corrected chi connectivity index (χ1v) is 8.17. The van der Waals surface area contributed by atoms with Gasteiger partial charge in [0.1, 0.15) is 23.7 Å². The number of ketones is 1. The Morgan fingerprint density at radius 1 is 1.48 bits per heavy atom. The molecule has 5 nitrogen and oxygen atoms in total. The smallest absolute Gasteiger partial charge is 0.183 e. The zero-order chi connectivity index (χ0) is 16.8. The third-order valence-electron chi connectivity index (χ3n) is 4.02. The Morgan fingerprint density at radius 2 is 2.17 bits per heavy atom. The van der Waals surface area contributed by atoms with Gasteiger partial charge in [0.05, 0.1) is 11.8 Å². The van der Waals surface area contributed by atoms with Gasteiger partial charge >= 0.3 is 0 Å². The van der Waals surface area contributed by atoms with Gasteiger partial charge in [0.2, 0.25) is 0 Å². The Hall–Kier alpha value is -1.88. The number of ether oxygens (including phenoxy) is 1. The molecule has 0 spiro atoms. The van der Waals surface area contributed by atoms with E-state index in [-0.39, 0.29) is 18.3 Å². The maximum absolute atomic E-state index is 12.3. The molecule has 0 saturated heterocycles. The number of imidazole rings is 1. The van der Waals surface area contributed by atoms with Crippen molar-refractivity contribution < 1.29 is 14.6 Å². The molecule has 1 saturated carbocycles. The number of carbonyl (C=O) groups excluding carboxylic acids is 1. The summed E-state index contributed by atoms with van der Waals surface area (Å²) < 4.78 is 7.71. The van der Waals surface area contributed by atoms with Crippen molar-refractivity contribution in [2.24, 2.45) is 5.92 Å². The van der Waals surface area contributed by atoms with Gasteiger partial charge in [0.25, 0.3) is 0 Å². The van der Waals surface area contributed by atoms with Crippen LogP contribution >= 0.6 is 0 Å². The second-order valence-corrected chi connectivity index (χ2v) is 7.33. The topological polar surface area (TPSA) is 63.8 Å². The third kappa shape index (κ3) is 3.24. The van der Waals surface area contributed by atoms with Gasteiger partial charge < -0.3 is 9.84 Å². The largest absolute Gasteiger partial charge is 0.490 e. The molecule has 2 aromatic rings. The van der Waals surface area contributed by atoms with Gasteiger partial charge in [-0.3, -0.25) is 9.20 Å². The van der Waals surface area contributed by atoms with E-state index in [0.29, 0.717) is 11.6 Å². The molecule has 2 aromatic heterocycles. The highest BCUT2D eigenvalue weighted by atomic mass is 16.5. The molecule has 0 aliphatic heterocycles. The van der Waals surface area contributed by atoms with Gasteiger partial charge in [-0.1, -0.05) is 13.8 Å². The van der Waals surface area contributed by atoms with Crippen molar-refractivity contribution in [2.45, 2.75) is 52.1 Å². The molecule has 124 valence electrons. The molecule has 5 heteroatoms. The van der Waals surface area contributed by atoms with E-state index in [0.717, 1.165) is 29.8 Å². The molecule has 1 aliphatic rings. The lowest BCUT2D eigenvalue weighted by Gasteiger charge is -2.20. The Morgan fingerprint density at radius 3 is 2.74 bits per heavy atom. The zero-order valence-electron chi connectivity index (χ0n) is 14.2. The monoisotopic (exact) mass is 316 g/mol. The first-order chi connectivity index (χ1) is 10.8. The molecule has 1 N–H and O–H groups in total. The minimum absolute atomic E-state index is 0.0645. The molecule has 0 unspecified atom stereocenters. The fourth-order valence-corrected chi connectivity index (χ4v) is 2.67. The van der Waals surface area contributed by atoms with Crippen LogP contribution in [0.2, 0.25) is 0 Å². The Kier molecular flexibility index (Phi) is 3.92. The molecular formula is C18H24N2O3. The lowest BCUT2D eigenvalue weighted by Crippen LogP contribution is -2.28. The van der Waals surface area contributed by atoms with Crippen LogP contribution in [0.15, 0.2) is 18.5 Å².